The third kappa shape index (κ3) is 6.99. The van der Waals surface area contributed by atoms with Crippen LogP contribution in [0.1, 0.15) is 71.2 Å². The zero-order valence-electron chi connectivity index (χ0n) is 24.1. The third-order valence-electron chi connectivity index (χ3n) is 7.03. The predicted molar refractivity (Wildman–Crippen MR) is 163 cm³/mol. The summed E-state index contributed by atoms with van der Waals surface area (Å²) >= 11 is 1.54. The molecule has 1 fully saturated rings. The van der Waals surface area contributed by atoms with E-state index in [1.165, 1.54) is 0 Å². The molecule has 0 saturated heterocycles. The van der Waals surface area contributed by atoms with Crippen molar-refractivity contribution in [3.05, 3.63) is 59.9 Å². The summed E-state index contributed by atoms with van der Waals surface area (Å²) in [6.07, 6.45) is 6.39. The molecule has 0 radical (unpaired) electrons. The van der Waals surface area contributed by atoms with Crippen molar-refractivity contribution < 1.29 is 22.4 Å². The number of nitrogens with zero attached hydrogens (tertiary/aromatic N) is 1. The van der Waals surface area contributed by atoms with Gasteiger partial charge in [-0.05, 0) is 95.7 Å². The van der Waals surface area contributed by atoms with Gasteiger partial charge in [0.15, 0.2) is 0 Å². The van der Waals surface area contributed by atoms with Crippen molar-refractivity contribution in [2.75, 3.05) is 0 Å². The molecule has 0 spiro atoms. The molecule has 2 N–H and O–H groups in total. The minimum absolute atomic E-state index is 0.0889. The Morgan fingerprint density at radius 1 is 1.05 bits per heavy atom. The highest BCUT2D eigenvalue weighted by Gasteiger charge is 2.29. The number of nitrogens with one attached hydrogen (secondary N) is 2. The fourth-order valence-electron chi connectivity index (χ4n) is 5.23. The lowest BCUT2D eigenvalue weighted by molar-refractivity contribution is 0.109. The van der Waals surface area contributed by atoms with Gasteiger partial charge < -0.3 is 14.5 Å². The number of rotatable bonds is 7. The number of sulfonamides is 1. The summed E-state index contributed by atoms with van der Waals surface area (Å²) < 4.78 is 40.9. The number of hydrogen-bond donors (Lipinski definition) is 2. The lowest BCUT2D eigenvalue weighted by Crippen LogP contribution is -2.40. The predicted octanol–water partition coefficient (Wildman–Crippen LogP) is 7.46. The number of alkyl carbamates (subject to hydrolysis) is 1. The van der Waals surface area contributed by atoms with E-state index in [4.69, 9.17) is 14.1 Å². The Morgan fingerprint density at radius 2 is 1.76 bits per heavy atom. The van der Waals surface area contributed by atoms with Crippen LogP contribution in [0.25, 0.3) is 32.5 Å². The molecular weight excluding hydrogens is 558 g/mol. The highest BCUT2D eigenvalue weighted by atomic mass is 32.2. The maximum Gasteiger partial charge on any atom is 0.407 e. The Hall–Kier alpha value is -3.21. The van der Waals surface area contributed by atoms with Gasteiger partial charge in [-0.15, -0.1) is 11.3 Å². The van der Waals surface area contributed by atoms with E-state index in [0.29, 0.717) is 5.56 Å². The van der Waals surface area contributed by atoms with Crippen LogP contribution in [-0.2, 0) is 14.8 Å². The quantitative estimate of drug-likeness (QED) is 0.229. The van der Waals surface area contributed by atoms with Gasteiger partial charge in [-0.2, -0.15) is 0 Å². The van der Waals surface area contributed by atoms with Crippen LogP contribution in [0.2, 0.25) is 0 Å². The van der Waals surface area contributed by atoms with Crippen LogP contribution in [0.3, 0.4) is 0 Å². The summed E-state index contributed by atoms with van der Waals surface area (Å²) in [5.74, 6) is 0.265. The molecule has 218 valence electrons. The van der Waals surface area contributed by atoms with E-state index in [-0.39, 0.29) is 29.1 Å². The molecule has 0 unspecified atom stereocenters. The molecule has 1 saturated carbocycles. The maximum absolute atomic E-state index is 13.7. The summed E-state index contributed by atoms with van der Waals surface area (Å²) in [6.45, 7) is 9.16. The molecule has 1 amide bonds. The monoisotopic (exact) mass is 595 g/mol. The molecule has 1 aliphatic carbocycles. The van der Waals surface area contributed by atoms with Gasteiger partial charge in [-0.3, -0.25) is 0 Å². The minimum Gasteiger partial charge on any atom is -0.464 e. The van der Waals surface area contributed by atoms with Crippen LogP contribution in [0.15, 0.2) is 64.2 Å². The molecule has 41 heavy (non-hydrogen) atoms. The first-order valence-corrected chi connectivity index (χ1v) is 16.3. The molecule has 0 aliphatic heterocycles. The average Bonchev–Trinajstić information content (AvgIpc) is 3.56. The lowest BCUT2D eigenvalue weighted by atomic mass is 9.86. The van der Waals surface area contributed by atoms with Gasteiger partial charge in [0.1, 0.15) is 5.58 Å². The first-order valence-electron chi connectivity index (χ1n) is 14.0. The van der Waals surface area contributed by atoms with Crippen molar-refractivity contribution in [2.45, 2.75) is 88.8 Å². The van der Waals surface area contributed by atoms with E-state index in [0.717, 1.165) is 57.7 Å². The number of benzene rings is 2. The standard InChI is InChI=1S/C31H37N3O5S2/c1-19(2)39-30(35)33-24-10-6-20(7-11-24)29-32-18-27(40-29)25-12-8-22(17-28(25)41(36,37)34-31(3,4)5)21-9-13-26-23(16-21)14-15-38-26/h8-9,12-20,24,34H,6-7,10-11H2,1-5H3,(H,33,35)/t20-,24-. The molecule has 5 rings (SSSR count). The fraction of sp³-hybridized carbons (Fsp3) is 0.419. The van der Waals surface area contributed by atoms with Crippen LogP contribution >= 0.6 is 11.3 Å². The van der Waals surface area contributed by atoms with E-state index in [2.05, 4.69) is 10.0 Å². The van der Waals surface area contributed by atoms with Crippen molar-refractivity contribution in [3.63, 3.8) is 0 Å². The molecule has 2 aromatic heterocycles. The zero-order chi connectivity index (χ0) is 29.4. The van der Waals surface area contributed by atoms with Gasteiger partial charge in [-0.1, -0.05) is 18.2 Å². The third-order valence-corrected chi connectivity index (χ3v) is 10.0. The van der Waals surface area contributed by atoms with Gasteiger partial charge in [-0.25, -0.2) is 22.9 Å². The molecule has 2 heterocycles. The molecule has 4 aromatic rings. The summed E-state index contributed by atoms with van der Waals surface area (Å²) in [7, 11) is -3.84. The second kappa shape index (κ2) is 11.6. The second-order valence-corrected chi connectivity index (χ2v) is 14.7. The zero-order valence-corrected chi connectivity index (χ0v) is 25.7. The number of aromatic nitrogens is 1. The SMILES string of the molecule is CC(C)OC(=O)N[C@H]1CC[C@H](c2ncc(-c3ccc(-c4ccc5occc5c4)cc3S(=O)(=O)NC(C)(C)C)s2)CC1. The van der Waals surface area contributed by atoms with Gasteiger partial charge >= 0.3 is 6.09 Å². The number of hydrogen-bond acceptors (Lipinski definition) is 7. The molecular formula is C31H37N3O5S2. The van der Waals surface area contributed by atoms with E-state index < -0.39 is 15.6 Å². The Balaban J connectivity index is 1.42. The van der Waals surface area contributed by atoms with Crippen LogP contribution in [-0.4, -0.2) is 37.2 Å². The number of carbonyl (C=O) groups is 1. The number of amides is 1. The molecule has 0 atom stereocenters. The van der Waals surface area contributed by atoms with Gasteiger partial charge in [0.05, 0.1) is 27.1 Å². The van der Waals surface area contributed by atoms with Crippen molar-refractivity contribution >= 4 is 38.4 Å². The number of ether oxygens (including phenoxy) is 1. The molecule has 8 nitrogen and oxygen atoms in total. The molecule has 1 aliphatic rings. The van der Waals surface area contributed by atoms with Crippen molar-refractivity contribution in [1.29, 1.82) is 0 Å². The Bertz CT molecular complexity index is 1640. The van der Waals surface area contributed by atoms with Crippen molar-refractivity contribution in [1.82, 2.24) is 15.0 Å². The average molecular weight is 596 g/mol. The fourth-order valence-corrected chi connectivity index (χ4v) is 8.09. The second-order valence-electron chi connectivity index (χ2n) is 11.9. The van der Waals surface area contributed by atoms with Gasteiger partial charge in [0.25, 0.3) is 0 Å². The highest BCUT2D eigenvalue weighted by Crippen LogP contribution is 2.40. The Morgan fingerprint density at radius 3 is 2.46 bits per heavy atom. The Labute approximate surface area is 245 Å². The molecule has 2 aromatic carbocycles. The number of fused-ring (bicyclic) bond motifs is 1. The number of furan rings is 1. The lowest BCUT2D eigenvalue weighted by Gasteiger charge is -2.28. The number of thiazole rings is 1. The normalized spacial score (nSPS) is 18.1. The summed E-state index contributed by atoms with van der Waals surface area (Å²) in [6, 6.07) is 13.4. The molecule has 10 heteroatoms. The number of carbonyl (C=O) groups excluding carboxylic acids is 1. The van der Waals surface area contributed by atoms with Crippen LogP contribution in [0, 0.1) is 0 Å². The van der Waals surface area contributed by atoms with Crippen molar-refractivity contribution in [3.8, 4) is 21.6 Å². The molecule has 0 bridgehead atoms. The van der Waals surface area contributed by atoms with E-state index >= 15 is 0 Å². The van der Waals surface area contributed by atoms with Gasteiger partial charge in [0.2, 0.25) is 10.0 Å². The first-order chi connectivity index (χ1) is 19.4. The summed E-state index contributed by atoms with van der Waals surface area (Å²) in [5.41, 5.74) is 2.48. The smallest absolute Gasteiger partial charge is 0.407 e. The van der Waals surface area contributed by atoms with E-state index in [1.54, 1.807) is 29.9 Å². The largest absolute Gasteiger partial charge is 0.464 e. The van der Waals surface area contributed by atoms with E-state index in [1.807, 2.05) is 71.0 Å². The topological polar surface area (TPSA) is 111 Å². The van der Waals surface area contributed by atoms with Crippen molar-refractivity contribution in [2.24, 2.45) is 0 Å². The van der Waals surface area contributed by atoms with Crippen LogP contribution in [0.5, 0.6) is 0 Å². The summed E-state index contributed by atoms with van der Waals surface area (Å²) in [4.78, 5) is 17.8. The Kier molecular flexibility index (Phi) is 8.27. The van der Waals surface area contributed by atoms with Gasteiger partial charge in [0, 0.05) is 34.6 Å². The minimum atomic E-state index is -3.84. The highest BCUT2D eigenvalue weighted by molar-refractivity contribution is 7.89. The first kappa shape index (κ1) is 29.3. The van der Waals surface area contributed by atoms with E-state index in [9.17, 15) is 13.2 Å². The van der Waals surface area contributed by atoms with Crippen LogP contribution in [0.4, 0.5) is 4.79 Å². The van der Waals surface area contributed by atoms with Crippen LogP contribution < -0.4 is 10.0 Å². The maximum atomic E-state index is 13.7. The summed E-state index contributed by atoms with van der Waals surface area (Å²) in [5, 5.41) is 4.91.